The van der Waals surface area contributed by atoms with Crippen LogP contribution >= 0.6 is 0 Å². The fourth-order valence-electron chi connectivity index (χ4n) is 1.47. The van der Waals surface area contributed by atoms with Crippen LogP contribution in [0.2, 0.25) is 0 Å². The number of primary sulfonamides is 1. The van der Waals surface area contributed by atoms with Crippen molar-refractivity contribution in [3.63, 3.8) is 0 Å². The molecule has 0 aliphatic heterocycles. The number of benzene rings is 1. The van der Waals surface area contributed by atoms with Gasteiger partial charge in [0.25, 0.3) is 5.91 Å². The number of nitrogen functional groups attached to an aromatic ring is 1. The van der Waals surface area contributed by atoms with Crippen LogP contribution < -0.4 is 21.7 Å². The Kier molecular flexibility index (Phi) is 4.12. The Morgan fingerprint density at radius 3 is 2.38 bits per heavy atom. The topological polar surface area (TPSA) is 153 Å². The lowest BCUT2D eigenvalue weighted by molar-refractivity contribution is 0.102. The number of hydrogen-bond acceptors (Lipinski definition) is 7. The van der Waals surface area contributed by atoms with Gasteiger partial charge in [-0.3, -0.25) is 9.78 Å². The number of hydrogen-bond donors (Lipinski definition) is 4. The first-order valence-corrected chi connectivity index (χ1v) is 7.17. The number of aromatic nitrogens is 2. The average Bonchev–Trinajstić information content (AvgIpc) is 2.47. The molecular formula is C11H12N6O3S. The zero-order valence-electron chi connectivity index (χ0n) is 10.6. The van der Waals surface area contributed by atoms with Crippen molar-refractivity contribution in [2.45, 2.75) is 4.90 Å². The quantitative estimate of drug-likeness (QED) is 0.445. The summed E-state index contributed by atoms with van der Waals surface area (Å²) in [5, 5.41) is 7.52. The zero-order chi connectivity index (χ0) is 15.5. The number of carbonyl (C=O) groups is 1. The van der Waals surface area contributed by atoms with Crippen LogP contribution in [-0.4, -0.2) is 24.3 Å². The summed E-state index contributed by atoms with van der Waals surface area (Å²) in [7, 11) is -3.77. The van der Waals surface area contributed by atoms with E-state index in [0.717, 1.165) is 0 Å². The monoisotopic (exact) mass is 308 g/mol. The minimum Gasteiger partial charge on any atom is -0.321 e. The van der Waals surface area contributed by atoms with Gasteiger partial charge >= 0.3 is 0 Å². The summed E-state index contributed by atoms with van der Waals surface area (Å²) < 4.78 is 22.2. The maximum absolute atomic E-state index is 11.9. The number of nitrogens with zero attached hydrogens (tertiary/aromatic N) is 2. The molecule has 2 aromatic rings. The van der Waals surface area contributed by atoms with Gasteiger partial charge in [-0.15, -0.1) is 0 Å². The molecule has 1 heterocycles. The summed E-state index contributed by atoms with van der Waals surface area (Å²) in [6.07, 6.45) is 2.63. The predicted molar refractivity (Wildman–Crippen MR) is 75.6 cm³/mol. The molecule has 1 aromatic carbocycles. The smallest absolute Gasteiger partial charge is 0.275 e. The van der Waals surface area contributed by atoms with E-state index in [2.05, 4.69) is 20.7 Å². The van der Waals surface area contributed by atoms with Gasteiger partial charge in [-0.25, -0.2) is 24.4 Å². The summed E-state index contributed by atoms with van der Waals surface area (Å²) in [6.45, 7) is 0. The molecule has 0 atom stereocenters. The maximum atomic E-state index is 11.9. The van der Waals surface area contributed by atoms with E-state index in [-0.39, 0.29) is 16.4 Å². The van der Waals surface area contributed by atoms with Crippen molar-refractivity contribution in [1.29, 1.82) is 0 Å². The second kappa shape index (κ2) is 5.83. The summed E-state index contributed by atoms with van der Waals surface area (Å²) in [5.41, 5.74) is 2.72. The first-order chi connectivity index (χ1) is 9.90. The van der Waals surface area contributed by atoms with Crippen LogP contribution in [-0.2, 0) is 10.0 Å². The lowest BCUT2D eigenvalue weighted by Crippen LogP contribution is -2.17. The molecule has 9 nitrogen and oxygen atoms in total. The van der Waals surface area contributed by atoms with Crippen molar-refractivity contribution < 1.29 is 13.2 Å². The van der Waals surface area contributed by atoms with Crippen molar-refractivity contribution >= 4 is 27.4 Å². The molecule has 0 fully saturated rings. The molecule has 10 heteroatoms. The summed E-state index contributed by atoms with van der Waals surface area (Å²) in [6, 6.07) is 5.40. The lowest BCUT2D eigenvalue weighted by Gasteiger charge is -2.06. The highest BCUT2D eigenvalue weighted by molar-refractivity contribution is 7.89. The van der Waals surface area contributed by atoms with E-state index in [0.29, 0.717) is 5.69 Å². The first kappa shape index (κ1) is 14.8. The third-order valence-electron chi connectivity index (χ3n) is 2.46. The molecule has 0 aliphatic carbocycles. The van der Waals surface area contributed by atoms with E-state index in [1.54, 1.807) is 0 Å². The number of carbonyl (C=O) groups excluding carboxylic acids is 1. The minimum absolute atomic E-state index is 0.0466. The summed E-state index contributed by atoms with van der Waals surface area (Å²) in [4.78, 5) is 19.6. The van der Waals surface area contributed by atoms with Crippen molar-refractivity contribution in [1.82, 2.24) is 9.97 Å². The van der Waals surface area contributed by atoms with Gasteiger partial charge in [0.05, 0.1) is 17.3 Å². The number of rotatable bonds is 4. The van der Waals surface area contributed by atoms with Gasteiger partial charge in [0.15, 0.2) is 5.82 Å². The number of anilines is 2. The molecule has 1 amide bonds. The molecular weight excluding hydrogens is 296 g/mol. The average molecular weight is 308 g/mol. The fraction of sp³-hybridized carbons (Fsp3) is 0. The molecule has 0 saturated heterocycles. The van der Waals surface area contributed by atoms with Crippen LogP contribution in [0.1, 0.15) is 10.5 Å². The molecule has 0 saturated carbocycles. The first-order valence-electron chi connectivity index (χ1n) is 5.63. The molecule has 6 N–H and O–H groups in total. The van der Waals surface area contributed by atoms with E-state index in [9.17, 15) is 13.2 Å². The second-order valence-corrected chi connectivity index (χ2v) is 5.52. The van der Waals surface area contributed by atoms with E-state index >= 15 is 0 Å². The largest absolute Gasteiger partial charge is 0.321 e. The maximum Gasteiger partial charge on any atom is 0.275 e. The van der Waals surface area contributed by atoms with Gasteiger partial charge in [-0.05, 0) is 24.3 Å². The summed E-state index contributed by atoms with van der Waals surface area (Å²) >= 11 is 0. The van der Waals surface area contributed by atoms with Gasteiger partial charge in [0, 0.05) is 5.69 Å². The van der Waals surface area contributed by atoms with Crippen LogP contribution in [0.3, 0.4) is 0 Å². The molecule has 2 rings (SSSR count). The number of sulfonamides is 1. The van der Waals surface area contributed by atoms with E-state index in [1.165, 1.54) is 36.7 Å². The SMILES string of the molecule is NNc1cncc(C(=O)Nc2ccc(S(N)(=O)=O)cc2)n1. The summed E-state index contributed by atoms with van der Waals surface area (Å²) in [5.74, 6) is 4.91. The second-order valence-electron chi connectivity index (χ2n) is 3.96. The van der Waals surface area contributed by atoms with Gasteiger partial charge < -0.3 is 10.7 Å². The standard InChI is InChI=1S/C11H12N6O3S/c12-17-10-6-14-5-9(16-10)11(18)15-7-1-3-8(4-2-7)21(13,19)20/h1-6H,12H2,(H,15,18)(H,16,17)(H2,13,19,20). The van der Waals surface area contributed by atoms with Crippen LogP contribution in [0, 0.1) is 0 Å². The molecule has 21 heavy (non-hydrogen) atoms. The predicted octanol–water partition coefficient (Wildman–Crippen LogP) is -0.338. The minimum atomic E-state index is -3.77. The number of nitrogens with two attached hydrogens (primary N) is 2. The molecule has 0 radical (unpaired) electrons. The Hall–Kier alpha value is -2.56. The normalized spacial score (nSPS) is 11.0. The van der Waals surface area contributed by atoms with Crippen molar-refractivity contribution in [2.75, 3.05) is 10.7 Å². The number of amides is 1. The van der Waals surface area contributed by atoms with E-state index < -0.39 is 15.9 Å². The third-order valence-corrected chi connectivity index (χ3v) is 3.39. The lowest BCUT2D eigenvalue weighted by atomic mass is 10.3. The molecule has 110 valence electrons. The Morgan fingerprint density at radius 2 is 1.81 bits per heavy atom. The van der Waals surface area contributed by atoms with Crippen molar-refractivity contribution in [3.05, 3.63) is 42.4 Å². The van der Waals surface area contributed by atoms with Crippen LogP contribution in [0.4, 0.5) is 11.5 Å². The van der Waals surface area contributed by atoms with Crippen LogP contribution in [0.25, 0.3) is 0 Å². The highest BCUT2D eigenvalue weighted by Crippen LogP contribution is 2.13. The van der Waals surface area contributed by atoms with Crippen LogP contribution in [0.15, 0.2) is 41.6 Å². The molecule has 0 unspecified atom stereocenters. The molecule has 0 spiro atoms. The molecule has 0 aliphatic rings. The van der Waals surface area contributed by atoms with Crippen molar-refractivity contribution in [2.24, 2.45) is 11.0 Å². The van der Waals surface area contributed by atoms with Gasteiger partial charge in [0.2, 0.25) is 10.0 Å². The van der Waals surface area contributed by atoms with Crippen LogP contribution in [0.5, 0.6) is 0 Å². The van der Waals surface area contributed by atoms with Gasteiger partial charge in [-0.2, -0.15) is 0 Å². The van der Waals surface area contributed by atoms with E-state index in [4.69, 9.17) is 11.0 Å². The highest BCUT2D eigenvalue weighted by Gasteiger charge is 2.11. The fourth-order valence-corrected chi connectivity index (χ4v) is 1.98. The molecule has 0 bridgehead atoms. The van der Waals surface area contributed by atoms with Crippen molar-refractivity contribution in [3.8, 4) is 0 Å². The zero-order valence-corrected chi connectivity index (χ0v) is 11.5. The Morgan fingerprint density at radius 1 is 1.14 bits per heavy atom. The molecule has 1 aromatic heterocycles. The Bertz CT molecular complexity index is 760. The number of hydrazine groups is 1. The number of nitrogens with one attached hydrogen (secondary N) is 2. The Labute approximate surface area is 120 Å². The van der Waals surface area contributed by atoms with E-state index in [1.807, 2.05) is 0 Å². The third kappa shape index (κ3) is 3.72. The Balaban J connectivity index is 2.16. The van der Waals surface area contributed by atoms with Gasteiger partial charge in [0.1, 0.15) is 5.69 Å². The highest BCUT2D eigenvalue weighted by atomic mass is 32.2. The van der Waals surface area contributed by atoms with Gasteiger partial charge in [-0.1, -0.05) is 0 Å².